The van der Waals surface area contributed by atoms with E-state index in [0.29, 0.717) is 18.6 Å². The number of aryl methyl sites for hydroxylation is 1. The van der Waals surface area contributed by atoms with Gasteiger partial charge in [0.15, 0.2) is 5.69 Å². The highest BCUT2D eigenvalue weighted by molar-refractivity contribution is 5.95. The lowest BCUT2D eigenvalue weighted by Gasteiger charge is -2.30. The van der Waals surface area contributed by atoms with Crippen molar-refractivity contribution in [2.75, 3.05) is 6.54 Å². The quantitative estimate of drug-likeness (QED) is 0.776. The molecule has 2 aromatic rings. The Balaban J connectivity index is 2.46. The Hall–Kier alpha value is -2.41. The molecule has 0 saturated heterocycles. The van der Waals surface area contributed by atoms with Gasteiger partial charge in [-0.3, -0.25) is 4.90 Å². The molecule has 136 valence electrons. The van der Waals surface area contributed by atoms with Crippen molar-refractivity contribution in [3.05, 3.63) is 23.8 Å². The van der Waals surface area contributed by atoms with Gasteiger partial charge in [0.2, 0.25) is 5.88 Å². The van der Waals surface area contributed by atoms with Gasteiger partial charge >= 0.3 is 6.03 Å². The first-order chi connectivity index (χ1) is 11.7. The molecular weight excluding hydrogens is 318 g/mol. The topological polar surface area (TPSA) is 96.2 Å². The third-order valence-electron chi connectivity index (χ3n) is 4.32. The van der Waals surface area contributed by atoms with Crippen LogP contribution in [0.15, 0.2) is 28.4 Å². The molecule has 0 saturated carbocycles. The number of hydrogen-bond donors (Lipinski definition) is 2. The zero-order valence-electron chi connectivity index (χ0n) is 15.5. The monoisotopic (exact) mass is 345 g/mol. The summed E-state index contributed by atoms with van der Waals surface area (Å²) in [6.07, 6.45) is 0. The van der Waals surface area contributed by atoms with Gasteiger partial charge in [-0.25, -0.2) is 4.79 Å². The second kappa shape index (κ2) is 7.65. The number of carbonyl (C=O) groups excluding carboxylic acids is 1. The van der Waals surface area contributed by atoms with Gasteiger partial charge in [0.1, 0.15) is 0 Å². The van der Waals surface area contributed by atoms with E-state index in [2.05, 4.69) is 42.8 Å². The van der Waals surface area contributed by atoms with Crippen LogP contribution in [0, 0.1) is 6.92 Å². The minimum Gasteiger partial charge on any atom is -0.493 e. The van der Waals surface area contributed by atoms with Gasteiger partial charge in [-0.15, -0.1) is 5.11 Å². The highest BCUT2D eigenvalue weighted by Crippen LogP contribution is 2.39. The number of amides is 2. The van der Waals surface area contributed by atoms with E-state index in [1.54, 1.807) is 0 Å². The van der Waals surface area contributed by atoms with E-state index < -0.39 is 6.03 Å². The van der Waals surface area contributed by atoms with Gasteiger partial charge in [-0.1, -0.05) is 16.7 Å². The molecule has 1 aromatic heterocycles. The van der Waals surface area contributed by atoms with Crippen molar-refractivity contribution in [3.8, 4) is 5.88 Å². The summed E-state index contributed by atoms with van der Waals surface area (Å²) in [5.41, 5.74) is 7.21. The van der Waals surface area contributed by atoms with Gasteiger partial charge in [-0.2, -0.15) is 0 Å². The lowest BCUT2D eigenvalue weighted by molar-refractivity contribution is 0.167. The maximum Gasteiger partial charge on any atom is 0.356 e. The summed E-state index contributed by atoms with van der Waals surface area (Å²) in [7, 11) is 0. The van der Waals surface area contributed by atoms with Crippen molar-refractivity contribution in [1.29, 1.82) is 0 Å². The highest BCUT2D eigenvalue weighted by Gasteiger charge is 2.19. The molecule has 1 aromatic carbocycles. The number of benzene rings is 1. The molecule has 7 nitrogen and oxygen atoms in total. The predicted octanol–water partition coefficient (Wildman–Crippen LogP) is 3.94. The Morgan fingerprint density at radius 1 is 1.28 bits per heavy atom. The summed E-state index contributed by atoms with van der Waals surface area (Å²) in [6, 6.07) is 5.77. The SMILES string of the molecule is Cc1ccc2c(c1)c(N=NC(N)=O)c(O)n2CCN(C(C)C)C(C)C. The van der Waals surface area contributed by atoms with Crippen LogP contribution in [0.1, 0.15) is 33.3 Å². The Kier molecular flexibility index (Phi) is 5.79. The fourth-order valence-electron chi connectivity index (χ4n) is 3.19. The van der Waals surface area contributed by atoms with E-state index in [0.717, 1.165) is 23.0 Å². The van der Waals surface area contributed by atoms with E-state index in [1.165, 1.54) is 0 Å². The number of urea groups is 1. The number of primary amides is 1. The Bertz CT molecular complexity index is 784. The predicted molar refractivity (Wildman–Crippen MR) is 99.4 cm³/mol. The molecule has 0 radical (unpaired) electrons. The van der Waals surface area contributed by atoms with Crippen LogP contribution in [0.3, 0.4) is 0 Å². The van der Waals surface area contributed by atoms with Gasteiger partial charge in [0.05, 0.1) is 5.52 Å². The van der Waals surface area contributed by atoms with Crippen molar-refractivity contribution in [1.82, 2.24) is 9.47 Å². The maximum absolute atomic E-state index is 10.9. The number of azo groups is 1. The van der Waals surface area contributed by atoms with E-state index in [-0.39, 0.29) is 11.6 Å². The third-order valence-corrected chi connectivity index (χ3v) is 4.32. The molecule has 3 N–H and O–H groups in total. The molecule has 0 aliphatic carbocycles. The number of nitrogens with zero attached hydrogens (tertiary/aromatic N) is 4. The molecular formula is C18H27N5O2. The molecule has 0 spiro atoms. The third kappa shape index (κ3) is 4.17. The van der Waals surface area contributed by atoms with Gasteiger partial charge in [-0.05, 0) is 46.8 Å². The molecule has 0 fully saturated rings. The molecule has 2 rings (SSSR count). The van der Waals surface area contributed by atoms with E-state index >= 15 is 0 Å². The molecule has 0 aliphatic rings. The zero-order valence-corrected chi connectivity index (χ0v) is 15.5. The number of aromatic hydroxyl groups is 1. The van der Waals surface area contributed by atoms with Crippen LogP contribution in [-0.4, -0.2) is 39.2 Å². The molecule has 25 heavy (non-hydrogen) atoms. The second-order valence-corrected chi connectivity index (χ2v) is 6.81. The first-order valence-corrected chi connectivity index (χ1v) is 8.51. The minimum atomic E-state index is -0.890. The second-order valence-electron chi connectivity index (χ2n) is 6.81. The van der Waals surface area contributed by atoms with Crippen molar-refractivity contribution in [2.24, 2.45) is 16.0 Å². The summed E-state index contributed by atoms with van der Waals surface area (Å²) in [4.78, 5) is 13.3. The first kappa shape index (κ1) is 18.9. The number of hydrogen-bond acceptors (Lipinski definition) is 4. The number of rotatable bonds is 6. The summed E-state index contributed by atoms with van der Waals surface area (Å²) in [5.74, 6) is -0.00179. The summed E-state index contributed by atoms with van der Waals surface area (Å²) >= 11 is 0. The molecule has 0 aliphatic heterocycles. The zero-order chi connectivity index (χ0) is 18.7. The fraction of sp³-hybridized carbons (Fsp3) is 0.500. The molecule has 7 heteroatoms. The van der Waals surface area contributed by atoms with Crippen LogP contribution >= 0.6 is 0 Å². The van der Waals surface area contributed by atoms with Crippen LogP contribution in [-0.2, 0) is 6.54 Å². The Morgan fingerprint density at radius 3 is 2.48 bits per heavy atom. The van der Waals surface area contributed by atoms with Crippen molar-refractivity contribution in [3.63, 3.8) is 0 Å². The van der Waals surface area contributed by atoms with E-state index in [9.17, 15) is 9.90 Å². The average molecular weight is 345 g/mol. The average Bonchev–Trinajstić information content (AvgIpc) is 2.76. The fourth-order valence-corrected chi connectivity index (χ4v) is 3.19. The highest BCUT2D eigenvalue weighted by atomic mass is 16.3. The van der Waals surface area contributed by atoms with Crippen LogP contribution in [0.2, 0.25) is 0 Å². The van der Waals surface area contributed by atoms with Crippen LogP contribution < -0.4 is 5.73 Å². The molecule has 0 unspecified atom stereocenters. The van der Waals surface area contributed by atoms with Crippen LogP contribution in [0.25, 0.3) is 10.9 Å². The van der Waals surface area contributed by atoms with Crippen LogP contribution in [0.4, 0.5) is 10.5 Å². The van der Waals surface area contributed by atoms with Crippen LogP contribution in [0.5, 0.6) is 5.88 Å². The number of aromatic nitrogens is 1. The summed E-state index contributed by atoms with van der Waals surface area (Å²) < 4.78 is 1.81. The van der Waals surface area contributed by atoms with Crippen molar-refractivity contribution in [2.45, 2.75) is 53.2 Å². The summed E-state index contributed by atoms with van der Waals surface area (Å²) in [5, 5.41) is 18.6. The van der Waals surface area contributed by atoms with E-state index in [1.807, 2.05) is 29.7 Å². The van der Waals surface area contributed by atoms with Crippen molar-refractivity contribution >= 4 is 22.6 Å². The minimum absolute atomic E-state index is 0.00179. The molecule has 2 amide bonds. The molecule has 1 heterocycles. The smallest absolute Gasteiger partial charge is 0.356 e. The van der Waals surface area contributed by atoms with Gasteiger partial charge in [0, 0.05) is 30.6 Å². The lowest BCUT2D eigenvalue weighted by Crippen LogP contribution is -2.39. The van der Waals surface area contributed by atoms with Gasteiger partial charge in [0.25, 0.3) is 0 Å². The Morgan fingerprint density at radius 2 is 1.92 bits per heavy atom. The largest absolute Gasteiger partial charge is 0.493 e. The maximum atomic E-state index is 10.9. The standard InChI is InChI=1S/C18H27N5O2/c1-11(2)22(12(3)4)8-9-23-15-7-6-13(5)10-14(15)16(17(23)24)20-21-18(19)25/h6-7,10-12,24H,8-9H2,1-5H3,(H2,19,25). The van der Waals surface area contributed by atoms with E-state index in [4.69, 9.17) is 5.73 Å². The Labute approximate surface area is 148 Å². The number of fused-ring (bicyclic) bond motifs is 1. The molecule has 0 bridgehead atoms. The summed E-state index contributed by atoms with van der Waals surface area (Å²) in [6.45, 7) is 12.0. The number of carbonyl (C=O) groups is 1. The normalized spacial score (nSPS) is 12.3. The first-order valence-electron chi connectivity index (χ1n) is 8.51. The van der Waals surface area contributed by atoms with Crippen molar-refractivity contribution < 1.29 is 9.90 Å². The van der Waals surface area contributed by atoms with Gasteiger partial charge < -0.3 is 15.4 Å². The molecule has 0 atom stereocenters. The number of nitrogens with two attached hydrogens (primary N) is 1. The lowest BCUT2D eigenvalue weighted by atomic mass is 10.1.